The molecule has 5 aromatic rings. The van der Waals surface area contributed by atoms with Gasteiger partial charge in [-0.2, -0.15) is 0 Å². The molecule has 252 valence electrons. The monoisotopic (exact) mass is 663 g/mol. The lowest BCUT2D eigenvalue weighted by molar-refractivity contribution is -0.163. The van der Waals surface area contributed by atoms with E-state index in [-0.39, 0.29) is 24.1 Å². The van der Waals surface area contributed by atoms with E-state index >= 15 is 0 Å². The van der Waals surface area contributed by atoms with E-state index in [4.69, 9.17) is 24.7 Å². The minimum absolute atomic E-state index is 0.00815. The number of halogens is 1. The number of carbonyl (C=O) groups is 1. The molecule has 6 rings (SSSR count). The fraction of sp³-hybridized carbons (Fsp3) is 0.256. The first-order valence-corrected chi connectivity index (χ1v) is 16.2. The lowest BCUT2D eigenvalue weighted by Crippen LogP contribution is -2.25. The van der Waals surface area contributed by atoms with Crippen molar-refractivity contribution in [3.05, 3.63) is 119 Å². The molecule has 1 fully saturated rings. The zero-order chi connectivity index (χ0) is 34.3. The molecule has 2 aromatic heterocycles. The van der Waals surface area contributed by atoms with Gasteiger partial charge in [-0.15, -0.1) is 0 Å². The lowest BCUT2D eigenvalue weighted by Gasteiger charge is -2.23. The molecule has 1 aliphatic heterocycles. The molecule has 1 saturated heterocycles. The third kappa shape index (κ3) is 7.88. The van der Waals surface area contributed by atoms with Crippen molar-refractivity contribution >= 4 is 11.6 Å². The highest BCUT2D eigenvalue weighted by atomic mass is 19.1. The van der Waals surface area contributed by atoms with Gasteiger partial charge in [0.05, 0.1) is 26.4 Å². The summed E-state index contributed by atoms with van der Waals surface area (Å²) in [6.07, 6.45) is 7.61. The van der Waals surface area contributed by atoms with Crippen molar-refractivity contribution in [3.63, 3.8) is 0 Å². The third-order valence-corrected chi connectivity index (χ3v) is 8.59. The maximum absolute atomic E-state index is 13.7. The molecule has 1 unspecified atom stereocenters. The molecule has 0 saturated carbocycles. The first kappa shape index (κ1) is 33.6. The van der Waals surface area contributed by atoms with Crippen LogP contribution in [0.5, 0.6) is 11.5 Å². The Hall–Kier alpha value is -5.32. The summed E-state index contributed by atoms with van der Waals surface area (Å²) in [6, 6.07) is 20.7. The highest BCUT2D eigenvalue weighted by Crippen LogP contribution is 2.35. The van der Waals surface area contributed by atoms with Crippen molar-refractivity contribution < 1.29 is 28.1 Å². The molecule has 49 heavy (non-hydrogen) atoms. The van der Waals surface area contributed by atoms with Gasteiger partial charge in [-0.3, -0.25) is 9.59 Å². The standard InChI is InChI=1S/C39H38FN3O6/c1-46-35-15-12-28(21-36(35)47-2)29-20-31(39(41)42-22-29)26-8-6-25(7-9-26)19-34(44)33-24-43(16-18-49-37-5-3-4-17-48-37)23-32(38(33)45)27-10-13-30(40)14-11-27/h6-15,20-24,37H,3-5,16-19H2,1-2H3,(H2,41,42). The number of aromatic nitrogens is 2. The van der Waals surface area contributed by atoms with Crippen LogP contribution in [0.2, 0.25) is 0 Å². The molecule has 1 aliphatic rings. The summed E-state index contributed by atoms with van der Waals surface area (Å²) < 4.78 is 37.9. The average molecular weight is 664 g/mol. The van der Waals surface area contributed by atoms with E-state index in [1.807, 2.05) is 48.5 Å². The summed E-state index contributed by atoms with van der Waals surface area (Å²) in [5.74, 6) is 0.851. The first-order chi connectivity index (χ1) is 23.8. The maximum atomic E-state index is 13.7. The fourth-order valence-corrected chi connectivity index (χ4v) is 5.89. The first-order valence-electron chi connectivity index (χ1n) is 16.2. The number of nitrogens with two attached hydrogens (primary N) is 1. The predicted molar refractivity (Wildman–Crippen MR) is 186 cm³/mol. The van der Waals surface area contributed by atoms with Crippen LogP contribution in [0, 0.1) is 5.82 Å². The smallest absolute Gasteiger partial charge is 0.200 e. The van der Waals surface area contributed by atoms with Crippen LogP contribution >= 0.6 is 0 Å². The molecular weight excluding hydrogens is 625 g/mol. The van der Waals surface area contributed by atoms with Crippen LogP contribution in [0.15, 0.2) is 96.2 Å². The molecule has 0 spiro atoms. The second-order valence-corrected chi connectivity index (χ2v) is 11.8. The van der Waals surface area contributed by atoms with Crippen molar-refractivity contribution in [2.24, 2.45) is 0 Å². The van der Waals surface area contributed by atoms with Gasteiger partial charge in [-0.25, -0.2) is 9.37 Å². The van der Waals surface area contributed by atoms with Crippen LogP contribution < -0.4 is 20.6 Å². The molecule has 0 aliphatic carbocycles. The number of hydrogen-bond acceptors (Lipinski definition) is 8. The van der Waals surface area contributed by atoms with Crippen LogP contribution in [-0.2, 0) is 22.4 Å². The number of benzene rings is 3. The number of carbonyl (C=O) groups excluding carboxylic acids is 1. The number of methoxy groups -OCH3 is 2. The van der Waals surface area contributed by atoms with Gasteiger partial charge in [0.1, 0.15) is 11.6 Å². The number of rotatable bonds is 12. The SMILES string of the molecule is COc1ccc(-c2cnc(N)c(-c3ccc(CC(=O)c4cn(CCOC5CCCCO5)cc(-c5ccc(F)cc5)c4=O)cc3)c2)cc1OC. The molecule has 3 aromatic carbocycles. The van der Waals surface area contributed by atoms with E-state index in [2.05, 4.69) is 4.98 Å². The minimum Gasteiger partial charge on any atom is -0.493 e. The molecule has 0 amide bonds. The summed E-state index contributed by atoms with van der Waals surface area (Å²) in [5, 5.41) is 0. The summed E-state index contributed by atoms with van der Waals surface area (Å²) in [7, 11) is 3.17. The lowest BCUT2D eigenvalue weighted by atomic mass is 9.97. The normalized spacial score (nSPS) is 14.4. The summed E-state index contributed by atoms with van der Waals surface area (Å²) in [4.78, 5) is 31.7. The summed E-state index contributed by atoms with van der Waals surface area (Å²) in [5.41, 5.74) is 10.8. The quantitative estimate of drug-likeness (QED) is 0.143. The van der Waals surface area contributed by atoms with Gasteiger partial charge in [-0.1, -0.05) is 42.5 Å². The highest BCUT2D eigenvalue weighted by molar-refractivity contribution is 5.98. The maximum Gasteiger partial charge on any atom is 0.200 e. The van der Waals surface area contributed by atoms with E-state index in [1.54, 1.807) is 37.4 Å². The van der Waals surface area contributed by atoms with Crippen molar-refractivity contribution in [3.8, 4) is 44.9 Å². The molecule has 1 atom stereocenters. The van der Waals surface area contributed by atoms with E-state index in [1.165, 1.54) is 24.3 Å². The van der Waals surface area contributed by atoms with Crippen molar-refractivity contribution in [1.82, 2.24) is 9.55 Å². The minimum atomic E-state index is -0.411. The van der Waals surface area contributed by atoms with Gasteiger partial charge in [-0.05, 0) is 71.8 Å². The van der Waals surface area contributed by atoms with Gasteiger partial charge in [0.25, 0.3) is 0 Å². The number of nitrogens with zero attached hydrogens (tertiary/aromatic N) is 2. The van der Waals surface area contributed by atoms with Gasteiger partial charge in [0.2, 0.25) is 0 Å². The van der Waals surface area contributed by atoms with Crippen LogP contribution in [0.4, 0.5) is 10.2 Å². The van der Waals surface area contributed by atoms with Gasteiger partial charge in [0.15, 0.2) is 29.0 Å². The molecule has 2 N–H and O–H groups in total. The van der Waals surface area contributed by atoms with E-state index < -0.39 is 11.2 Å². The number of hydrogen-bond donors (Lipinski definition) is 1. The Kier molecular flexibility index (Phi) is 10.5. The topological polar surface area (TPSA) is 115 Å². The Morgan fingerprint density at radius 2 is 1.61 bits per heavy atom. The van der Waals surface area contributed by atoms with Gasteiger partial charge in [0, 0.05) is 54.9 Å². The van der Waals surface area contributed by atoms with E-state index in [9.17, 15) is 14.0 Å². The third-order valence-electron chi connectivity index (χ3n) is 8.59. The highest BCUT2D eigenvalue weighted by Gasteiger charge is 2.19. The van der Waals surface area contributed by atoms with Crippen LogP contribution in [0.1, 0.15) is 35.2 Å². The Labute approximate surface area is 284 Å². The van der Waals surface area contributed by atoms with Crippen LogP contribution in [0.3, 0.4) is 0 Å². The largest absolute Gasteiger partial charge is 0.493 e. The molecule has 0 radical (unpaired) electrons. The van der Waals surface area contributed by atoms with Gasteiger partial charge >= 0.3 is 0 Å². The second-order valence-electron chi connectivity index (χ2n) is 11.8. The Morgan fingerprint density at radius 1 is 0.898 bits per heavy atom. The summed E-state index contributed by atoms with van der Waals surface area (Å²) in [6.45, 7) is 1.42. The van der Waals surface area contributed by atoms with Crippen molar-refractivity contribution in [1.29, 1.82) is 0 Å². The fourth-order valence-electron chi connectivity index (χ4n) is 5.89. The predicted octanol–water partition coefficient (Wildman–Crippen LogP) is 6.95. The number of Topliss-reactive ketones (excluding diaryl/α,β-unsaturated/α-hetero) is 1. The zero-order valence-corrected chi connectivity index (χ0v) is 27.5. The Bertz CT molecular complexity index is 1990. The summed E-state index contributed by atoms with van der Waals surface area (Å²) >= 11 is 0. The molecule has 9 nitrogen and oxygen atoms in total. The second kappa shape index (κ2) is 15.3. The van der Waals surface area contributed by atoms with Crippen molar-refractivity contribution in [2.45, 2.75) is 38.5 Å². The molecule has 0 bridgehead atoms. The number of ether oxygens (including phenoxy) is 4. The van der Waals surface area contributed by atoms with E-state index in [0.29, 0.717) is 48.2 Å². The molecule has 10 heteroatoms. The number of anilines is 1. The Balaban J connectivity index is 1.23. The van der Waals surface area contributed by atoms with Crippen molar-refractivity contribution in [2.75, 3.05) is 33.2 Å². The van der Waals surface area contributed by atoms with E-state index in [0.717, 1.165) is 47.1 Å². The zero-order valence-electron chi connectivity index (χ0n) is 27.5. The number of nitrogen functional groups attached to an aromatic ring is 1. The van der Waals surface area contributed by atoms with Crippen LogP contribution in [-0.4, -0.2) is 49.1 Å². The Morgan fingerprint density at radius 3 is 2.33 bits per heavy atom. The number of ketones is 1. The van der Waals surface area contributed by atoms with Gasteiger partial charge < -0.3 is 29.2 Å². The molecular formula is C39H38FN3O6. The number of pyridine rings is 2. The van der Waals surface area contributed by atoms with Crippen LogP contribution in [0.25, 0.3) is 33.4 Å². The molecule has 3 heterocycles. The average Bonchev–Trinajstić information content (AvgIpc) is 3.13.